The molecule has 5 nitrogen and oxygen atoms in total. The number of fused-ring (bicyclic) bond motifs is 2. The van der Waals surface area contributed by atoms with Crippen molar-refractivity contribution in [2.75, 3.05) is 45.9 Å². The molecule has 1 N–H and O–H groups in total. The van der Waals surface area contributed by atoms with E-state index in [4.69, 9.17) is 9.47 Å². The van der Waals surface area contributed by atoms with Gasteiger partial charge >= 0.3 is 5.97 Å². The van der Waals surface area contributed by atoms with Gasteiger partial charge < -0.3 is 14.8 Å². The normalized spacial score (nSPS) is 40.8. The van der Waals surface area contributed by atoms with E-state index in [0.717, 1.165) is 65.2 Å². The summed E-state index contributed by atoms with van der Waals surface area (Å²) in [5.74, 6) is 0.977. The number of hydrogen-bond donors (Lipinski definition) is 1. The van der Waals surface area contributed by atoms with Gasteiger partial charge in [0.25, 0.3) is 0 Å². The van der Waals surface area contributed by atoms with Gasteiger partial charge in [0.05, 0.1) is 19.1 Å². The van der Waals surface area contributed by atoms with Crippen LogP contribution in [0.4, 0.5) is 0 Å². The van der Waals surface area contributed by atoms with Gasteiger partial charge in [-0.15, -0.1) is 0 Å². The maximum Gasteiger partial charge on any atom is 0.310 e. The highest BCUT2D eigenvalue weighted by molar-refractivity contribution is 5.75. The Bertz CT molecular complexity index is 545. The number of ether oxygens (including phenoxy) is 2. The van der Waals surface area contributed by atoms with Crippen molar-refractivity contribution < 1.29 is 14.3 Å². The summed E-state index contributed by atoms with van der Waals surface area (Å²) in [5.41, 5.74) is 1.70. The Morgan fingerprint density at radius 3 is 2.96 bits per heavy atom. The first kappa shape index (κ1) is 18.5. The minimum atomic E-state index is 0.0176. The topological polar surface area (TPSA) is 50.8 Å². The van der Waals surface area contributed by atoms with Crippen LogP contribution in [0.2, 0.25) is 0 Å². The van der Waals surface area contributed by atoms with Gasteiger partial charge in [-0.25, -0.2) is 0 Å². The van der Waals surface area contributed by atoms with Crippen molar-refractivity contribution in [3.05, 3.63) is 12.2 Å². The maximum absolute atomic E-state index is 12.5. The number of nitrogens with zero attached hydrogens (tertiary/aromatic N) is 1. The number of esters is 1. The second-order valence-corrected chi connectivity index (χ2v) is 9.06. The smallest absolute Gasteiger partial charge is 0.310 e. The van der Waals surface area contributed by atoms with Gasteiger partial charge in [0.1, 0.15) is 6.10 Å². The molecule has 5 heteroatoms. The highest BCUT2D eigenvalue weighted by Crippen LogP contribution is 2.56. The van der Waals surface area contributed by atoms with Crippen LogP contribution in [0.1, 0.15) is 39.0 Å². The predicted molar refractivity (Wildman–Crippen MR) is 101 cm³/mol. The quantitative estimate of drug-likeness (QED) is 0.462. The minimum absolute atomic E-state index is 0.0176. The van der Waals surface area contributed by atoms with Crippen molar-refractivity contribution >= 4 is 5.97 Å². The van der Waals surface area contributed by atoms with E-state index in [1.54, 1.807) is 0 Å². The summed E-state index contributed by atoms with van der Waals surface area (Å²) >= 11 is 0. The van der Waals surface area contributed by atoms with E-state index in [0.29, 0.717) is 11.8 Å². The molecule has 146 valence electrons. The van der Waals surface area contributed by atoms with Crippen LogP contribution < -0.4 is 5.32 Å². The zero-order valence-electron chi connectivity index (χ0n) is 16.2. The number of hydrogen-bond acceptors (Lipinski definition) is 5. The number of allylic oxidation sites excluding steroid dienone is 1. The van der Waals surface area contributed by atoms with E-state index < -0.39 is 0 Å². The van der Waals surface area contributed by atoms with Crippen molar-refractivity contribution in [1.29, 1.82) is 0 Å². The largest absolute Gasteiger partial charge is 0.462 e. The molecule has 2 unspecified atom stereocenters. The third-order valence-electron chi connectivity index (χ3n) is 7.39. The molecule has 26 heavy (non-hydrogen) atoms. The summed E-state index contributed by atoms with van der Waals surface area (Å²) in [5, 5.41) is 3.53. The van der Waals surface area contributed by atoms with Gasteiger partial charge in [0.15, 0.2) is 0 Å². The van der Waals surface area contributed by atoms with Crippen LogP contribution in [0.25, 0.3) is 0 Å². The summed E-state index contributed by atoms with van der Waals surface area (Å²) in [4.78, 5) is 14.9. The van der Waals surface area contributed by atoms with Crippen molar-refractivity contribution in [3.63, 3.8) is 0 Å². The molecule has 2 saturated heterocycles. The molecule has 2 heterocycles. The fourth-order valence-corrected chi connectivity index (χ4v) is 5.81. The van der Waals surface area contributed by atoms with Crippen molar-refractivity contribution in [2.45, 2.75) is 45.1 Å². The lowest BCUT2D eigenvalue weighted by molar-refractivity contribution is -0.146. The van der Waals surface area contributed by atoms with E-state index in [2.05, 4.69) is 23.7 Å². The molecule has 0 amide bonds. The van der Waals surface area contributed by atoms with Crippen LogP contribution in [0, 0.1) is 23.2 Å². The van der Waals surface area contributed by atoms with Crippen LogP contribution in [0.15, 0.2) is 12.2 Å². The highest BCUT2D eigenvalue weighted by Gasteiger charge is 2.54. The molecular formula is C21H34N2O3. The van der Waals surface area contributed by atoms with Crippen molar-refractivity contribution in [3.8, 4) is 0 Å². The molecular weight excluding hydrogens is 328 g/mol. The molecule has 0 spiro atoms. The van der Waals surface area contributed by atoms with Gasteiger partial charge in [0, 0.05) is 38.6 Å². The number of carbonyl (C=O) groups excluding carboxylic acids is 1. The van der Waals surface area contributed by atoms with Gasteiger partial charge in [-0.2, -0.15) is 0 Å². The zero-order chi connectivity index (χ0) is 18.1. The zero-order valence-corrected chi connectivity index (χ0v) is 16.2. The molecule has 2 aliphatic heterocycles. The first-order valence-electron chi connectivity index (χ1n) is 10.5. The Morgan fingerprint density at radius 1 is 1.35 bits per heavy atom. The Labute approximate surface area is 157 Å². The van der Waals surface area contributed by atoms with Crippen LogP contribution in [-0.2, 0) is 14.3 Å². The molecule has 4 fully saturated rings. The lowest BCUT2D eigenvalue weighted by Crippen LogP contribution is -2.46. The number of carbonyl (C=O) groups is 1. The summed E-state index contributed by atoms with van der Waals surface area (Å²) in [6.45, 7) is 13.2. The summed E-state index contributed by atoms with van der Waals surface area (Å²) < 4.78 is 11.2. The van der Waals surface area contributed by atoms with Crippen LogP contribution in [-0.4, -0.2) is 62.9 Å². The molecule has 4 aliphatic rings. The standard InChI is InChI=1S/C21H34N2O3/c1-15-4-3-5-21(2)13-19-16(12-18(15)21)17(20(24)26-19)14-22-6-7-23-8-10-25-11-9-23/h16-19,22H,1,3-14H2,2H3/t16-,17?,18?,19-,21-/m1/s1. The van der Waals surface area contributed by atoms with Gasteiger partial charge in [0.2, 0.25) is 0 Å². The van der Waals surface area contributed by atoms with E-state index in [1.807, 2.05) is 0 Å². The van der Waals surface area contributed by atoms with Crippen LogP contribution >= 0.6 is 0 Å². The van der Waals surface area contributed by atoms with Crippen molar-refractivity contribution in [1.82, 2.24) is 10.2 Å². The van der Waals surface area contributed by atoms with Gasteiger partial charge in [-0.1, -0.05) is 19.1 Å². The van der Waals surface area contributed by atoms with Crippen LogP contribution in [0.5, 0.6) is 0 Å². The molecule has 5 atom stereocenters. The number of rotatable bonds is 5. The molecule has 0 aromatic rings. The Balaban J connectivity index is 1.31. The number of nitrogens with one attached hydrogen (secondary N) is 1. The lowest BCUT2D eigenvalue weighted by atomic mass is 9.55. The van der Waals surface area contributed by atoms with E-state index in [1.165, 1.54) is 18.4 Å². The second kappa shape index (κ2) is 7.61. The summed E-state index contributed by atoms with van der Waals surface area (Å²) in [6, 6.07) is 0. The fourth-order valence-electron chi connectivity index (χ4n) is 5.81. The molecule has 2 saturated carbocycles. The molecule has 0 aromatic carbocycles. The molecule has 4 rings (SSSR count). The Hall–Kier alpha value is -0.910. The Kier molecular flexibility index (Phi) is 5.40. The third-order valence-corrected chi connectivity index (χ3v) is 7.39. The number of morpholine rings is 1. The summed E-state index contributed by atoms with van der Waals surface area (Å²) in [6.07, 6.45) is 5.89. The fraction of sp³-hybridized carbons (Fsp3) is 0.857. The minimum Gasteiger partial charge on any atom is -0.462 e. The molecule has 0 aromatic heterocycles. The van der Waals surface area contributed by atoms with Gasteiger partial charge in [-0.05, 0) is 43.4 Å². The first-order valence-corrected chi connectivity index (χ1v) is 10.5. The SMILES string of the molecule is C=C1CCC[C@]2(C)C[C@H]3OC(=O)C(CNCCN4CCOCC4)[C@H]3CC12. The van der Waals surface area contributed by atoms with Gasteiger partial charge in [-0.3, -0.25) is 9.69 Å². The van der Waals surface area contributed by atoms with E-state index in [9.17, 15) is 4.79 Å². The van der Waals surface area contributed by atoms with E-state index >= 15 is 0 Å². The highest BCUT2D eigenvalue weighted by atomic mass is 16.6. The summed E-state index contributed by atoms with van der Waals surface area (Å²) in [7, 11) is 0. The van der Waals surface area contributed by atoms with Crippen molar-refractivity contribution in [2.24, 2.45) is 23.2 Å². The predicted octanol–water partition coefficient (Wildman–Crippen LogP) is 2.22. The average molecular weight is 363 g/mol. The average Bonchev–Trinajstić information content (AvgIpc) is 2.92. The monoisotopic (exact) mass is 362 g/mol. The van der Waals surface area contributed by atoms with E-state index in [-0.39, 0.29) is 23.4 Å². The Morgan fingerprint density at radius 2 is 2.15 bits per heavy atom. The second-order valence-electron chi connectivity index (χ2n) is 9.06. The third kappa shape index (κ3) is 3.58. The molecule has 0 bridgehead atoms. The maximum atomic E-state index is 12.5. The first-order chi connectivity index (χ1) is 12.6. The molecule has 2 aliphatic carbocycles. The van der Waals surface area contributed by atoms with Crippen LogP contribution in [0.3, 0.4) is 0 Å². The lowest BCUT2D eigenvalue weighted by Gasteiger charge is -2.50. The molecule has 0 radical (unpaired) electrons.